The Balaban J connectivity index is 2.07. The van der Waals surface area contributed by atoms with Crippen molar-refractivity contribution in [2.45, 2.75) is 33.1 Å². The van der Waals surface area contributed by atoms with Crippen molar-refractivity contribution < 1.29 is 14.3 Å². The first-order valence-electron chi connectivity index (χ1n) is 8.70. The van der Waals surface area contributed by atoms with Crippen LogP contribution in [-0.4, -0.2) is 12.6 Å². The van der Waals surface area contributed by atoms with Crippen LogP contribution in [0.4, 0.5) is 0 Å². The van der Waals surface area contributed by atoms with Crippen molar-refractivity contribution in [3.05, 3.63) is 65.2 Å². The summed E-state index contributed by atoms with van der Waals surface area (Å²) in [5.41, 5.74) is 1.84. The third-order valence-corrected chi connectivity index (χ3v) is 3.76. The second-order valence-corrected chi connectivity index (χ2v) is 6.20. The van der Waals surface area contributed by atoms with Crippen molar-refractivity contribution in [1.82, 2.24) is 0 Å². The molecule has 2 aromatic rings. The molecule has 4 heteroatoms. The molecule has 4 nitrogen and oxygen atoms in total. The predicted octanol–water partition coefficient (Wildman–Crippen LogP) is 5.11. The highest BCUT2D eigenvalue weighted by molar-refractivity contribution is 5.99. The Morgan fingerprint density at radius 2 is 1.69 bits per heavy atom. The summed E-state index contributed by atoms with van der Waals surface area (Å²) in [6, 6.07) is 16.4. The van der Waals surface area contributed by atoms with Gasteiger partial charge in [0.1, 0.15) is 23.1 Å². The second kappa shape index (κ2) is 9.43. The highest BCUT2D eigenvalue weighted by Gasteiger charge is 2.12. The van der Waals surface area contributed by atoms with Gasteiger partial charge in [-0.05, 0) is 53.8 Å². The van der Waals surface area contributed by atoms with E-state index in [4.69, 9.17) is 9.47 Å². The Labute approximate surface area is 154 Å². The molecule has 0 aliphatic rings. The van der Waals surface area contributed by atoms with Gasteiger partial charge in [-0.3, -0.25) is 0 Å². The van der Waals surface area contributed by atoms with Gasteiger partial charge in [0.15, 0.2) is 0 Å². The van der Waals surface area contributed by atoms with Crippen LogP contribution in [0.3, 0.4) is 0 Å². The minimum absolute atomic E-state index is 0.0554. The molecular formula is C22H23NO3. The fourth-order valence-electron chi connectivity index (χ4n) is 2.27. The smallest absolute Gasteiger partial charge is 0.354 e. The van der Waals surface area contributed by atoms with E-state index in [0.29, 0.717) is 18.3 Å². The third kappa shape index (κ3) is 5.49. The van der Waals surface area contributed by atoms with Crippen LogP contribution in [0.1, 0.15) is 44.2 Å². The van der Waals surface area contributed by atoms with Gasteiger partial charge in [-0.15, -0.1) is 0 Å². The number of rotatable bonds is 7. The summed E-state index contributed by atoms with van der Waals surface area (Å²) >= 11 is 0. The first-order valence-corrected chi connectivity index (χ1v) is 8.70. The summed E-state index contributed by atoms with van der Waals surface area (Å²) in [6.07, 6.45) is 2.44. The number of nitriles is 1. The van der Waals surface area contributed by atoms with E-state index >= 15 is 0 Å². The first kappa shape index (κ1) is 19.3. The molecule has 0 aromatic heterocycles. The Morgan fingerprint density at radius 1 is 1.08 bits per heavy atom. The topological polar surface area (TPSA) is 59.3 Å². The molecule has 0 atom stereocenters. The van der Waals surface area contributed by atoms with E-state index in [0.717, 1.165) is 23.3 Å². The van der Waals surface area contributed by atoms with E-state index in [1.54, 1.807) is 24.3 Å². The zero-order valence-electron chi connectivity index (χ0n) is 15.4. The lowest BCUT2D eigenvalue weighted by molar-refractivity contribution is -0.129. The Bertz CT molecular complexity index is 797. The molecular weight excluding hydrogens is 326 g/mol. The lowest BCUT2D eigenvalue weighted by Crippen LogP contribution is -2.10. The third-order valence-electron chi connectivity index (χ3n) is 3.76. The van der Waals surface area contributed by atoms with Gasteiger partial charge in [0.25, 0.3) is 0 Å². The van der Waals surface area contributed by atoms with Gasteiger partial charge >= 0.3 is 5.97 Å². The van der Waals surface area contributed by atoms with Crippen LogP contribution < -0.4 is 9.47 Å². The number of ether oxygens (including phenoxy) is 2. The average Bonchev–Trinajstić information content (AvgIpc) is 2.65. The molecule has 0 spiro atoms. The Morgan fingerprint density at radius 3 is 2.23 bits per heavy atom. The minimum atomic E-state index is -0.670. The largest absolute Gasteiger partial charge is 0.494 e. The van der Waals surface area contributed by atoms with Crippen LogP contribution in [0.25, 0.3) is 6.08 Å². The molecule has 0 bridgehead atoms. The van der Waals surface area contributed by atoms with Crippen LogP contribution in [0.5, 0.6) is 11.5 Å². The molecule has 0 saturated heterocycles. The van der Waals surface area contributed by atoms with Gasteiger partial charge in [0, 0.05) is 0 Å². The number of esters is 1. The van der Waals surface area contributed by atoms with Crippen molar-refractivity contribution in [2.24, 2.45) is 0 Å². The average molecular weight is 349 g/mol. The van der Waals surface area contributed by atoms with Crippen molar-refractivity contribution >= 4 is 12.0 Å². The fraction of sp³-hybridized carbons (Fsp3) is 0.273. The maximum Gasteiger partial charge on any atom is 0.354 e. The summed E-state index contributed by atoms with van der Waals surface area (Å²) in [4.78, 5) is 12.2. The van der Waals surface area contributed by atoms with Crippen LogP contribution in [0, 0.1) is 11.3 Å². The Hall–Kier alpha value is -3.06. The molecule has 0 aliphatic carbocycles. The van der Waals surface area contributed by atoms with E-state index < -0.39 is 5.97 Å². The number of hydrogen-bond acceptors (Lipinski definition) is 4. The van der Waals surface area contributed by atoms with Gasteiger partial charge in [0.2, 0.25) is 0 Å². The lowest BCUT2D eigenvalue weighted by Gasteiger charge is -2.07. The minimum Gasteiger partial charge on any atom is -0.494 e. The van der Waals surface area contributed by atoms with Crippen LogP contribution >= 0.6 is 0 Å². The predicted molar refractivity (Wildman–Crippen MR) is 102 cm³/mol. The van der Waals surface area contributed by atoms with Crippen molar-refractivity contribution in [3.8, 4) is 17.6 Å². The molecule has 0 unspecified atom stereocenters. The SMILES string of the molecule is CCCOc1ccc(C=C(C#N)C(=O)Oc2ccc(C(C)C)cc2)cc1. The molecule has 0 radical (unpaired) electrons. The van der Waals surface area contributed by atoms with Crippen molar-refractivity contribution in [2.75, 3.05) is 6.61 Å². The molecule has 0 fully saturated rings. The molecule has 0 N–H and O–H groups in total. The maximum absolute atomic E-state index is 12.2. The number of hydrogen-bond donors (Lipinski definition) is 0. The molecule has 134 valence electrons. The molecule has 0 aliphatic heterocycles. The Kier molecular flexibility index (Phi) is 6.99. The highest BCUT2D eigenvalue weighted by atomic mass is 16.5. The molecule has 0 heterocycles. The van der Waals surface area contributed by atoms with E-state index in [-0.39, 0.29) is 5.57 Å². The number of carbonyl (C=O) groups excluding carboxylic acids is 1. The molecule has 0 amide bonds. The maximum atomic E-state index is 12.2. The van der Waals surface area contributed by atoms with E-state index in [1.807, 2.05) is 37.3 Å². The van der Waals surface area contributed by atoms with E-state index in [1.165, 1.54) is 6.08 Å². The van der Waals surface area contributed by atoms with Gasteiger partial charge in [-0.2, -0.15) is 5.26 Å². The van der Waals surface area contributed by atoms with Gasteiger partial charge in [-0.25, -0.2) is 4.79 Å². The van der Waals surface area contributed by atoms with Crippen LogP contribution in [0.2, 0.25) is 0 Å². The molecule has 0 saturated carbocycles. The number of nitrogens with zero attached hydrogens (tertiary/aromatic N) is 1. The zero-order valence-corrected chi connectivity index (χ0v) is 15.4. The normalized spacial score (nSPS) is 11.1. The van der Waals surface area contributed by atoms with Gasteiger partial charge in [-0.1, -0.05) is 45.0 Å². The molecule has 2 aromatic carbocycles. The lowest BCUT2D eigenvalue weighted by atomic mass is 10.0. The zero-order chi connectivity index (χ0) is 18.9. The summed E-state index contributed by atoms with van der Waals surface area (Å²) < 4.78 is 10.8. The van der Waals surface area contributed by atoms with Crippen molar-refractivity contribution in [3.63, 3.8) is 0 Å². The van der Waals surface area contributed by atoms with Gasteiger partial charge in [0.05, 0.1) is 6.61 Å². The fourth-order valence-corrected chi connectivity index (χ4v) is 2.27. The van der Waals surface area contributed by atoms with Crippen LogP contribution in [0.15, 0.2) is 54.1 Å². The van der Waals surface area contributed by atoms with Gasteiger partial charge < -0.3 is 9.47 Å². The molecule has 2 rings (SSSR count). The van der Waals surface area contributed by atoms with E-state index in [2.05, 4.69) is 13.8 Å². The second-order valence-electron chi connectivity index (χ2n) is 6.20. The highest BCUT2D eigenvalue weighted by Crippen LogP contribution is 2.20. The molecule has 26 heavy (non-hydrogen) atoms. The van der Waals surface area contributed by atoms with Crippen molar-refractivity contribution in [1.29, 1.82) is 5.26 Å². The number of benzene rings is 2. The number of carbonyl (C=O) groups is 1. The summed E-state index contributed by atoms with van der Waals surface area (Å²) in [5, 5.41) is 9.28. The standard InChI is InChI=1S/C22H23NO3/c1-4-13-25-20-9-5-17(6-10-20)14-19(15-23)22(24)26-21-11-7-18(8-12-21)16(2)3/h5-12,14,16H,4,13H2,1-3H3. The van der Waals surface area contributed by atoms with E-state index in [9.17, 15) is 10.1 Å². The first-order chi connectivity index (χ1) is 12.5. The monoisotopic (exact) mass is 349 g/mol. The summed E-state index contributed by atoms with van der Waals surface area (Å²) in [6.45, 7) is 6.88. The summed E-state index contributed by atoms with van der Waals surface area (Å²) in [5.74, 6) is 0.911. The quantitative estimate of drug-likeness (QED) is 0.301. The summed E-state index contributed by atoms with van der Waals surface area (Å²) in [7, 11) is 0. The van der Waals surface area contributed by atoms with Crippen LogP contribution in [-0.2, 0) is 4.79 Å².